The highest BCUT2D eigenvalue weighted by Crippen LogP contribution is 2.28. The third kappa shape index (κ3) is 3.97. The molecule has 0 aliphatic rings. The van der Waals surface area contributed by atoms with E-state index in [9.17, 15) is 4.79 Å². The van der Waals surface area contributed by atoms with E-state index in [-0.39, 0.29) is 6.54 Å². The minimum absolute atomic E-state index is 0.195. The van der Waals surface area contributed by atoms with Crippen molar-refractivity contribution in [3.63, 3.8) is 0 Å². The largest absolute Gasteiger partial charge is 0.480 e. The fraction of sp³-hybridized carbons (Fsp3) is 0.235. The molecule has 2 N–H and O–H groups in total. The van der Waals surface area contributed by atoms with Gasteiger partial charge in [-0.25, -0.2) is 9.97 Å². The number of carboxylic acids is 1. The zero-order chi connectivity index (χ0) is 18.7. The average Bonchev–Trinajstić information content (AvgIpc) is 3.03. The van der Waals surface area contributed by atoms with Gasteiger partial charge >= 0.3 is 5.97 Å². The number of carbonyl (C=O) groups is 1. The number of rotatable bonds is 6. The Kier molecular flexibility index (Phi) is 4.85. The summed E-state index contributed by atoms with van der Waals surface area (Å²) in [5.74, 6) is -0.524. The predicted octanol–water partition coefficient (Wildman–Crippen LogP) is 2.82. The molecular formula is C17H17ClN6O2. The fourth-order valence-corrected chi connectivity index (χ4v) is 2.82. The summed E-state index contributed by atoms with van der Waals surface area (Å²) in [7, 11) is 0. The molecule has 3 rings (SSSR count). The monoisotopic (exact) mass is 372 g/mol. The van der Waals surface area contributed by atoms with E-state index in [1.54, 1.807) is 43.1 Å². The first kappa shape index (κ1) is 17.8. The van der Waals surface area contributed by atoms with Crippen LogP contribution in [0.1, 0.15) is 19.5 Å². The Balaban J connectivity index is 1.76. The first-order chi connectivity index (χ1) is 12.3. The molecule has 0 unspecified atom stereocenters. The second kappa shape index (κ2) is 7.09. The SMILES string of the molecule is CC(C)(Nc1ncc(-c2cnn(CC(=O)O)c2)cn1)c1ncccc1Cl. The normalized spacial score (nSPS) is 11.3. The van der Waals surface area contributed by atoms with Gasteiger partial charge in [0, 0.05) is 35.9 Å². The molecule has 3 aromatic heterocycles. The van der Waals surface area contributed by atoms with Crippen LogP contribution in [0.3, 0.4) is 0 Å². The zero-order valence-corrected chi connectivity index (χ0v) is 15.0. The number of aromatic nitrogens is 5. The van der Waals surface area contributed by atoms with E-state index in [2.05, 4.69) is 25.4 Å². The van der Waals surface area contributed by atoms with Crippen LogP contribution in [0, 0.1) is 0 Å². The molecule has 0 fully saturated rings. The number of aliphatic carboxylic acids is 1. The molecule has 0 aromatic carbocycles. The summed E-state index contributed by atoms with van der Waals surface area (Å²) in [6, 6.07) is 3.56. The highest BCUT2D eigenvalue weighted by molar-refractivity contribution is 6.31. The third-order valence-corrected chi connectivity index (χ3v) is 4.00. The van der Waals surface area contributed by atoms with Crippen LogP contribution in [-0.4, -0.2) is 35.8 Å². The van der Waals surface area contributed by atoms with Gasteiger partial charge in [-0.15, -0.1) is 0 Å². The number of carboxylic acid groups (broad SMARTS) is 1. The molecular weight excluding hydrogens is 356 g/mol. The Morgan fingerprint density at radius 1 is 1.23 bits per heavy atom. The molecule has 0 saturated carbocycles. The van der Waals surface area contributed by atoms with Crippen molar-refractivity contribution in [2.75, 3.05) is 5.32 Å². The Morgan fingerprint density at radius 3 is 2.62 bits per heavy atom. The lowest BCUT2D eigenvalue weighted by atomic mass is 10.00. The van der Waals surface area contributed by atoms with Gasteiger partial charge in [-0.1, -0.05) is 11.6 Å². The minimum atomic E-state index is -0.953. The van der Waals surface area contributed by atoms with Crippen LogP contribution in [-0.2, 0) is 16.9 Å². The first-order valence-electron chi connectivity index (χ1n) is 7.81. The van der Waals surface area contributed by atoms with E-state index < -0.39 is 11.5 Å². The molecule has 0 saturated heterocycles. The van der Waals surface area contributed by atoms with Crippen molar-refractivity contribution in [3.8, 4) is 11.1 Å². The van der Waals surface area contributed by atoms with E-state index in [4.69, 9.17) is 16.7 Å². The Bertz CT molecular complexity index is 923. The van der Waals surface area contributed by atoms with Crippen molar-refractivity contribution in [2.45, 2.75) is 25.9 Å². The molecule has 3 aromatic rings. The molecule has 134 valence electrons. The van der Waals surface area contributed by atoms with Crippen LogP contribution in [0.25, 0.3) is 11.1 Å². The first-order valence-corrected chi connectivity index (χ1v) is 8.19. The second-order valence-electron chi connectivity index (χ2n) is 6.20. The van der Waals surface area contributed by atoms with E-state index in [0.717, 1.165) is 11.1 Å². The number of pyridine rings is 1. The zero-order valence-electron chi connectivity index (χ0n) is 14.2. The van der Waals surface area contributed by atoms with Gasteiger partial charge in [0.05, 0.1) is 22.5 Å². The number of anilines is 1. The van der Waals surface area contributed by atoms with Crippen molar-refractivity contribution in [1.29, 1.82) is 0 Å². The van der Waals surface area contributed by atoms with Gasteiger partial charge < -0.3 is 10.4 Å². The van der Waals surface area contributed by atoms with Gasteiger partial charge in [0.2, 0.25) is 5.95 Å². The molecule has 3 heterocycles. The van der Waals surface area contributed by atoms with Gasteiger partial charge in [-0.3, -0.25) is 14.5 Å². The van der Waals surface area contributed by atoms with Crippen LogP contribution >= 0.6 is 11.6 Å². The Morgan fingerprint density at radius 2 is 1.96 bits per heavy atom. The minimum Gasteiger partial charge on any atom is -0.480 e. The number of hydrogen-bond donors (Lipinski definition) is 2. The lowest BCUT2D eigenvalue weighted by Crippen LogP contribution is -2.30. The summed E-state index contributed by atoms with van der Waals surface area (Å²) < 4.78 is 1.34. The predicted molar refractivity (Wildman–Crippen MR) is 96.8 cm³/mol. The molecule has 26 heavy (non-hydrogen) atoms. The lowest BCUT2D eigenvalue weighted by Gasteiger charge is -2.26. The number of nitrogens with zero attached hydrogens (tertiary/aromatic N) is 5. The quantitative estimate of drug-likeness (QED) is 0.685. The highest BCUT2D eigenvalue weighted by atomic mass is 35.5. The van der Waals surface area contributed by atoms with Crippen molar-refractivity contribution in [1.82, 2.24) is 24.7 Å². The molecule has 0 amide bonds. The van der Waals surface area contributed by atoms with Crippen LogP contribution in [0.4, 0.5) is 5.95 Å². The second-order valence-corrected chi connectivity index (χ2v) is 6.61. The maximum absolute atomic E-state index is 10.7. The van der Waals surface area contributed by atoms with Gasteiger partial charge in [0.1, 0.15) is 6.54 Å². The van der Waals surface area contributed by atoms with Crippen molar-refractivity contribution >= 4 is 23.5 Å². The Labute approximate surface area is 154 Å². The Hall–Kier alpha value is -3.00. The fourth-order valence-electron chi connectivity index (χ4n) is 2.46. The average molecular weight is 373 g/mol. The topological polar surface area (TPSA) is 106 Å². The van der Waals surface area contributed by atoms with Crippen LogP contribution in [0.5, 0.6) is 0 Å². The highest BCUT2D eigenvalue weighted by Gasteiger charge is 2.25. The van der Waals surface area contributed by atoms with E-state index >= 15 is 0 Å². The summed E-state index contributed by atoms with van der Waals surface area (Å²) in [5.41, 5.74) is 1.61. The van der Waals surface area contributed by atoms with Crippen LogP contribution in [0.15, 0.2) is 43.1 Å². The van der Waals surface area contributed by atoms with Gasteiger partial charge in [-0.2, -0.15) is 5.10 Å². The molecule has 0 aliphatic carbocycles. The smallest absolute Gasteiger partial charge is 0.325 e. The summed E-state index contributed by atoms with van der Waals surface area (Å²) in [5, 5.41) is 16.6. The summed E-state index contributed by atoms with van der Waals surface area (Å²) in [6.45, 7) is 3.68. The molecule has 8 nitrogen and oxygen atoms in total. The molecule has 0 atom stereocenters. The van der Waals surface area contributed by atoms with Gasteiger partial charge in [-0.05, 0) is 26.0 Å². The molecule has 0 radical (unpaired) electrons. The molecule has 0 spiro atoms. The lowest BCUT2D eigenvalue weighted by molar-refractivity contribution is -0.137. The molecule has 9 heteroatoms. The van der Waals surface area contributed by atoms with Crippen LogP contribution < -0.4 is 5.32 Å². The van der Waals surface area contributed by atoms with Crippen molar-refractivity contribution in [2.24, 2.45) is 0 Å². The third-order valence-electron chi connectivity index (χ3n) is 3.69. The molecule has 0 aliphatic heterocycles. The number of halogens is 1. The van der Waals surface area contributed by atoms with Gasteiger partial charge in [0.15, 0.2) is 0 Å². The molecule has 0 bridgehead atoms. The van der Waals surface area contributed by atoms with Crippen LogP contribution in [0.2, 0.25) is 5.02 Å². The van der Waals surface area contributed by atoms with Gasteiger partial charge in [0.25, 0.3) is 0 Å². The number of nitrogens with one attached hydrogen (secondary N) is 1. The van der Waals surface area contributed by atoms with Crippen molar-refractivity contribution < 1.29 is 9.90 Å². The van der Waals surface area contributed by atoms with E-state index in [1.807, 2.05) is 13.8 Å². The standard InChI is InChI=1S/C17H17ClN6O2/c1-17(2,15-13(18)4-3-5-19-15)23-16-20-6-11(7-21-16)12-8-22-24(9-12)10-14(25)26/h3-9H,10H2,1-2H3,(H,25,26)(H,20,21,23). The summed E-state index contributed by atoms with van der Waals surface area (Å²) in [4.78, 5) is 23.7. The summed E-state index contributed by atoms with van der Waals surface area (Å²) >= 11 is 6.22. The maximum Gasteiger partial charge on any atom is 0.325 e. The van der Waals surface area contributed by atoms with Crippen molar-refractivity contribution in [3.05, 3.63) is 53.8 Å². The van der Waals surface area contributed by atoms with E-state index in [1.165, 1.54) is 4.68 Å². The summed E-state index contributed by atoms with van der Waals surface area (Å²) in [6.07, 6.45) is 8.19. The number of hydrogen-bond acceptors (Lipinski definition) is 6. The maximum atomic E-state index is 10.7. The van der Waals surface area contributed by atoms with E-state index in [0.29, 0.717) is 16.7 Å².